The van der Waals surface area contributed by atoms with Gasteiger partial charge in [0.25, 0.3) is 0 Å². The molecule has 11 heteroatoms. The lowest BCUT2D eigenvalue weighted by Gasteiger charge is -2.14. The molecule has 0 saturated heterocycles. The van der Waals surface area contributed by atoms with Gasteiger partial charge in [-0.1, -0.05) is 0 Å². The number of amides is 2. The summed E-state index contributed by atoms with van der Waals surface area (Å²) in [5.41, 5.74) is -3.94. The smallest absolute Gasteiger partial charge is 0.416 e. The molecular formula is C11H8F6N2O3. The van der Waals surface area contributed by atoms with Gasteiger partial charge in [0.2, 0.25) is 5.91 Å². The van der Waals surface area contributed by atoms with Crippen LogP contribution in [-0.4, -0.2) is 23.7 Å². The maximum atomic E-state index is 12.6. The first kappa shape index (κ1) is 17.6. The first-order chi connectivity index (χ1) is 9.89. The number of halogens is 6. The van der Waals surface area contributed by atoms with Crippen LogP contribution in [0.15, 0.2) is 18.2 Å². The molecule has 0 bridgehead atoms. The van der Waals surface area contributed by atoms with Gasteiger partial charge in [0, 0.05) is 5.69 Å². The van der Waals surface area contributed by atoms with E-state index in [9.17, 15) is 35.9 Å². The minimum atomic E-state index is -5.04. The highest BCUT2D eigenvalue weighted by Crippen LogP contribution is 2.37. The highest BCUT2D eigenvalue weighted by Gasteiger charge is 2.37. The zero-order chi connectivity index (χ0) is 17.1. The zero-order valence-electron chi connectivity index (χ0n) is 10.5. The highest BCUT2D eigenvalue weighted by atomic mass is 19.4. The average Bonchev–Trinajstić information content (AvgIpc) is 2.34. The van der Waals surface area contributed by atoms with E-state index in [0.717, 1.165) is 0 Å². The normalized spacial score (nSPS) is 11.9. The summed E-state index contributed by atoms with van der Waals surface area (Å²) < 4.78 is 75.3. The van der Waals surface area contributed by atoms with E-state index in [0.29, 0.717) is 12.1 Å². The third-order valence-corrected chi connectivity index (χ3v) is 2.27. The van der Waals surface area contributed by atoms with Crippen LogP contribution in [0.25, 0.3) is 0 Å². The summed E-state index contributed by atoms with van der Waals surface area (Å²) >= 11 is 0. The Hall–Kier alpha value is -2.46. The maximum Gasteiger partial charge on any atom is 0.416 e. The third-order valence-electron chi connectivity index (χ3n) is 2.27. The lowest BCUT2D eigenvalue weighted by Crippen LogP contribution is -2.31. The highest BCUT2D eigenvalue weighted by molar-refractivity contribution is 5.93. The van der Waals surface area contributed by atoms with E-state index in [1.165, 1.54) is 0 Å². The van der Waals surface area contributed by atoms with Crippen LogP contribution in [0.4, 0.5) is 36.8 Å². The first-order valence-electron chi connectivity index (χ1n) is 5.45. The molecule has 1 rings (SSSR count). The van der Waals surface area contributed by atoms with Crippen LogP contribution in [-0.2, 0) is 17.1 Å². The molecule has 122 valence electrons. The van der Waals surface area contributed by atoms with Crippen molar-refractivity contribution in [3.05, 3.63) is 29.3 Å². The van der Waals surface area contributed by atoms with Gasteiger partial charge in [0.15, 0.2) is 0 Å². The van der Waals surface area contributed by atoms with Crippen molar-refractivity contribution < 1.29 is 41.0 Å². The SMILES string of the molecule is O=C(O)NCC(=O)Nc1cc(C(F)(F)F)cc(C(F)(F)F)c1. The van der Waals surface area contributed by atoms with Crippen molar-refractivity contribution >= 4 is 17.7 Å². The Morgan fingerprint density at radius 3 is 1.77 bits per heavy atom. The lowest BCUT2D eigenvalue weighted by atomic mass is 10.1. The number of hydrogen-bond donors (Lipinski definition) is 3. The number of benzene rings is 1. The van der Waals surface area contributed by atoms with Gasteiger partial charge >= 0.3 is 18.4 Å². The number of carbonyl (C=O) groups excluding carboxylic acids is 1. The Bertz CT molecular complexity index is 550. The molecule has 3 N–H and O–H groups in total. The molecule has 0 saturated carbocycles. The summed E-state index contributed by atoms with van der Waals surface area (Å²) in [7, 11) is 0. The summed E-state index contributed by atoms with van der Waals surface area (Å²) in [5.74, 6) is -1.12. The number of carboxylic acid groups (broad SMARTS) is 1. The second kappa shape index (κ2) is 6.12. The van der Waals surface area contributed by atoms with Gasteiger partial charge in [-0.2, -0.15) is 26.3 Å². The predicted octanol–water partition coefficient (Wildman–Crippen LogP) is 2.93. The minimum absolute atomic E-state index is 0.0921. The Morgan fingerprint density at radius 2 is 1.41 bits per heavy atom. The molecule has 2 amide bonds. The number of rotatable bonds is 3. The Balaban J connectivity index is 3.08. The second-order valence-electron chi connectivity index (χ2n) is 4.00. The topological polar surface area (TPSA) is 78.4 Å². The third kappa shape index (κ3) is 5.14. The second-order valence-corrected chi connectivity index (χ2v) is 4.00. The van der Waals surface area contributed by atoms with Crippen molar-refractivity contribution in [1.82, 2.24) is 5.32 Å². The Labute approximate surface area is 118 Å². The standard InChI is InChI=1S/C11H8F6N2O3/c12-10(13,14)5-1-6(11(15,16)17)3-7(2-5)19-8(20)4-18-9(21)22/h1-3,18H,4H2,(H,19,20)(H,21,22). The van der Waals surface area contributed by atoms with Crippen LogP contribution in [0.3, 0.4) is 0 Å². The van der Waals surface area contributed by atoms with Crippen LogP contribution < -0.4 is 10.6 Å². The fraction of sp³-hybridized carbons (Fsp3) is 0.273. The molecule has 0 heterocycles. The van der Waals surface area contributed by atoms with Crippen LogP contribution in [0, 0.1) is 0 Å². The van der Waals surface area contributed by atoms with Gasteiger partial charge in [-0.3, -0.25) is 4.79 Å². The van der Waals surface area contributed by atoms with Crippen molar-refractivity contribution in [2.45, 2.75) is 12.4 Å². The maximum absolute atomic E-state index is 12.6. The molecule has 22 heavy (non-hydrogen) atoms. The van der Waals surface area contributed by atoms with E-state index in [1.807, 2.05) is 0 Å². The molecule has 5 nitrogen and oxygen atoms in total. The number of anilines is 1. The van der Waals surface area contributed by atoms with E-state index in [4.69, 9.17) is 5.11 Å². The van der Waals surface area contributed by atoms with Gasteiger partial charge in [0.1, 0.15) is 6.54 Å². The number of nitrogens with one attached hydrogen (secondary N) is 2. The largest absolute Gasteiger partial charge is 0.465 e. The number of hydrogen-bond acceptors (Lipinski definition) is 2. The molecule has 0 aliphatic rings. The minimum Gasteiger partial charge on any atom is -0.465 e. The van der Waals surface area contributed by atoms with Gasteiger partial charge in [-0.15, -0.1) is 0 Å². The van der Waals surface area contributed by atoms with Gasteiger partial charge < -0.3 is 15.7 Å². The van der Waals surface area contributed by atoms with Crippen LogP contribution in [0.2, 0.25) is 0 Å². The lowest BCUT2D eigenvalue weighted by molar-refractivity contribution is -0.143. The predicted molar refractivity (Wildman–Crippen MR) is 61.1 cm³/mol. The van der Waals surface area contributed by atoms with Gasteiger partial charge in [-0.25, -0.2) is 4.79 Å². The molecule has 0 aliphatic carbocycles. The van der Waals surface area contributed by atoms with Crippen molar-refractivity contribution in [3.8, 4) is 0 Å². The monoisotopic (exact) mass is 330 g/mol. The fourth-order valence-corrected chi connectivity index (χ4v) is 1.39. The fourth-order valence-electron chi connectivity index (χ4n) is 1.39. The quantitative estimate of drug-likeness (QED) is 0.746. The van der Waals surface area contributed by atoms with E-state index < -0.39 is 47.7 Å². The zero-order valence-corrected chi connectivity index (χ0v) is 10.5. The van der Waals surface area contributed by atoms with Crippen LogP contribution in [0.1, 0.15) is 11.1 Å². The summed E-state index contributed by atoms with van der Waals surface area (Å²) in [5, 5.41) is 11.6. The van der Waals surface area contributed by atoms with E-state index in [-0.39, 0.29) is 6.07 Å². The van der Waals surface area contributed by atoms with Crippen LogP contribution >= 0.6 is 0 Å². The Morgan fingerprint density at radius 1 is 0.955 bits per heavy atom. The van der Waals surface area contributed by atoms with E-state index in [1.54, 1.807) is 10.6 Å². The Kier molecular flexibility index (Phi) is 4.89. The molecule has 0 atom stereocenters. The molecule has 0 fully saturated rings. The molecular weight excluding hydrogens is 322 g/mol. The number of carbonyl (C=O) groups is 2. The molecule has 0 radical (unpaired) electrons. The van der Waals surface area contributed by atoms with Crippen molar-refractivity contribution in [2.24, 2.45) is 0 Å². The summed E-state index contributed by atoms with van der Waals surface area (Å²) in [6, 6.07) is 0.535. The number of alkyl halides is 6. The van der Waals surface area contributed by atoms with Crippen molar-refractivity contribution in [3.63, 3.8) is 0 Å². The van der Waals surface area contributed by atoms with Crippen LogP contribution in [0.5, 0.6) is 0 Å². The summed E-state index contributed by atoms with van der Waals surface area (Å²) in [6.07, 6.45) is -11.7. The summed E-state index contributed by atoms with van der Waals surface area (Å²) in [6.45, 7) is -0.826. The molecule has 0 spiro atoms. The van der Waals surface area contributed by atoms with E-state index >= 15 is 0 Å². The van der Waals surface area contributed by atoms with Crippen molar-refractivity contribution in [1.29, 1.82) is 0 Å². The van der Waals surface area contributed by atoms with Gasteiger partial charge in [0.05, 0.1) is 11.1 Å². The molecule has 0 aromatic heterocycles. The van der Waals surface area contributed by atoms with Gasteiger partial charge in [-0.05, 0) is 18.2 Å². The molecule has 1 aromatic carbocycles. The first-order valence-corrected chi connectivity index (χ1v) is 5.45. The summed E-state index contributed by atoms with van der Waals surface area (Å²) in [4.78, 5) is 21.4. The molecule has 0 aliphatic heterocycles. The molecule has 1 aromatic rings. The van der Waals surface area contributed by atoms with Crippen molar-refractivity contribution in [2.75, 3.05) is 11.9 Å². The average molecular weight is 330 g/mol. The molecule has 0 unspecified atom stereocenters. The van der Waals surface area contributed by atoms with E-state index in [2.05, 4.69) is 0 Å².